The quantitative estimate of drug-likeness (QED) is 0.567. The topological polar surface area (TPSA) is 9.23 Å². The van der Waals surface area contributed by atoms with Crippen molar-refractivity contribution in [2.45, 2.75) is 24.7 Å². The molecule has 0 radical (unpaired) electrons. The number of unbranched alkanes of at least 4 members (excludes halogenated alkanes) is 1. The van der Waals surface area contributed by atoms with Crippen LogP contribution in [0.1, 0.15) is 19.8 Å². The summed E-state index contributed by atoms with van der Waals surface area (Å²) in [5.74, 6) is 0. The first-order valence-corrected chi connectivity index (χ1v) is 14.3. The van der Waals surface area contributed by atoms with Crippen LogP contribution in [0.4, 0.5) is 0 Å². The summed E-state index contributed by atoms with van der Waals surface area (Å²) in [6.45, 7) is 2.84. The van der Waals surface area contributed by atoms with E-state index in [1.54, 1.807) is 0 Å². The molecule has 0 amide bonds. The fraction of sp³-hybridized carbons (Fsp3) is 1.00. The molecule has 0 aliphatic rings. The summed E-state index contributed by atoms with van der Waals surface area (Å²) in [5, 5.41) is 0. The third-order valence-electron chi connectivity index (χ3n) is 0.853. The first kappa shape index (κ1) is 10.3. The monoisotopic (exact) mass is 278 g/mol. The van der Waals surface area contributed by atoms with Crippen LogP contribution in [0.3, 0.4) is 0 Å². The van der Waals surface area contributed by atoms with Gasteiger partial charge in [-0.2, -0.15) is 0 Å². The predicted molar refractivity (Wildman–Crippen MR) is 44.2 cm³/mol. The predicted octanol–water partition coefficient (Wildman–Crippen LogP) is 2.85. The van der Waals surface area contributed by atoms with Gasteiger partial charge in [0, 0.05) is 0 Å². The van der Waals surface area contributed by atoms with Gasteiger partial charge in [0.2, 0.25) is 0 Å². The molecular weight excluding hydrogens is 266 g/mol. The van der Waals surface area contributed by atoms with E-state index in [4.69, 9.17) is 20.9 Å². The number of hydrogen-bond acceptors (Lipinski definition) is 1. The van der Waals surface area contributed by atoms with Gasteiger partial charge in [0.15, 0.2) is 0 Å². The average Bonchev–Trinajstić information content (AvgIpc) is 1.63. The fourth-order valence-electron chi connectivity index (χ4n) is 0.396. The molecule has 9 heavy (non-hydrogen) atoms. The molecule has 0 saturated carbocycles. The zero-order chi connectivity index (χ0) is 7.33. The van der Waals surface area contributed by atoms with Crippen molar-refractivity contribution >= 4 is 34.4 Å². The Morgan fingerprint density at radius 3 is 2.33 bits per heavy atom. The summed E-state index contributed by atoms with van der Waals surface area (Å²) in [6.07, 6.45) is 2.20. The van der Waals surface area contributed by atoms with Crippen LogP contribution in [0.2, 0.25) is 4.94 Å². The Balaban J connectivity index is 3.07. The number of halogens is 2. The van der Waals surface area contributed by atoms with Gasteiger partial charge in [-0.1, -0.05) is 0 Å². The second-order valence-electron chi connectivity index (χ2n) is 2.01. The van der Waals surface area contributed by atoms with Crippen molar-refractivity contribution in [1.82, 2.24) is 0 Å². The molecule has 0 atom stereocenters. The second-order valence-corrected chi connectivity index (χ2v) is 18.4. The third-order valence-corrected chi connectivity index (χ3v) is 4.35. The van der Waals surface area contributed by atoms with Crippen molar-refractivity contribution in [1.29, 1.82) is 0 Å². The molecule has 1 nitrogen and oxygen atoms in total. The number of hydrogen-bond donors (Lipinski definition) is 0. The molecule has 0 aromatic rings. The molecule has 0 saturated heterocycles. The van der Waals surface area contributed by atoms with Gasteiger partial charge in [0.25, 0.3) is 0 Å². The SMILES string of the molecule is CCCC[O][Sn]([CH3])([Cl])[Cl]. The normalized spacial score (nSPS) is 12.0. The second kappa shape index (κ2) is 5.05. The Morgan fingerprint density at radius 1 is 1.44 bits per heavy atom. The van der Waals surface area contributed by atoms with E-state index >= 15 is 0 Å². The van der Waals surface area contributed by atoms with Crippen LogP contribution in [0.25, 0.3) is 0 Å². The summed E-state index contributed by atoms with van der Waals surface area (Å²) >= 11 is -2.89. The minimum absolute atomic E-state index is 0.732. The van der Waals surface area contributed by atoms with Crippen LogP contribution in [-0.4, -0.2) is 23.1 Å². The molecule has 0 aliphatic carbocycles. The van der Waals surface area contributed by atoms with Crippen LogP contribution in [0, 0.1) is 0 Å². The van der Waals surface area contributed by atoms with E-state index in [1.165, 1.54) is 0 Å². The van der Waals surface area contributed by atoms with Crippen molar-refractivity contribution < 1.29 is 3.07 Å². The summed E-state index contributed by atoms with van der Waals surface area (Å²) < 4.78 is 5.21. The van der Waals surface area contributed by atoms with E-state index < -0.39 is 16.5 Å². The molecule has 0 aliphatic heterocycles. The van der Waals surface area contributed by atoms with Crippen molar-refractivity contribution in [3.8, 4) is 0 Å². The molecule has 0 spiro atoms. The fourth-order valence-corrected chi connectivity index (χ4v) is 2.87. The molecule has 4 heteroatoms. The van der Waals surface area contributed by atoms with Crippen LogP contribution < -0.4 is 0 Å². The van der Waals surface area contributed by atoms with Crippen LogP contribution >= 0.6 is 17.8 Å². The molecule has 0 fully saturated rings. The van der Waals surface area contributed by atoms with Crippen molar-refractivity contribution in [2.24, 2.45) is 0 Å². The maximum atomic E-state index is 5.72. The summed E-state index contributed by atoms with van der Waals surface area (Å²) in [4.78, 5) is 1.83. The van der Waals surface area contributed by atoms with Gasteiger partial charge in [-0.05, 0) is 0 Å². The van der Waals surface area contributed by atoms with E-state index in [2.05, 4.69) is 6.92 Å². The Bertz CT molecular complexity index is 71.8. The first-order valence-electron chi connectivity index (χ1n) is 3.08. The molecule has 56 valence electrons. The Kier molecular flexibility index (Phi) is 5.80. The van der Waals surface area contributed by atoms with Gasteiger partial charge in [0.05, 0.1) is 0 Å². The van der Waals surface area contributed by atoms with Crippen molar-refractivity contribution in [3.63, 3.8) is 0 Å². The minimum atomic E-state index is -2.89. The molecule has 0 rings (SSSR count). The Hall–Kier alpha value is 1.34. The van der Waals surface area contributed by atoms with Gasteiger partial charge in [-0.15, -0.1) is 0 Å². The van der Waals surface area contributed by atoms with Gasteiger partial charge >= 0.3 is 68.8 Å². The van der Waals surface area contributed by atoms with Crippen LogP contribution in [-0.2, 0) is 3.07 Å². The zero-order valence-electron chi connectivity index (χ0n) is 5.79. The summed E-state index contributed by atoms with van der Waals surface area (Å²) in [6, 6.07) is 0. The standard InChI is InChI=1S/C4H9O.CH3.2ClH.Sn/c1-2-3-4-5;;;;/h2-4H2,1H3;1H3;2*1H;/q-1;;;;+3/p-2. The Morgan fingerprint density at radius 2 is 2.00 bits per heavy atom. The van der Waals surface area contributed by atoms with Crippen LogP contribution in [0.5, 0.6) is 0 Å². The molecule has 0 aromatic heterocycles. The van der Waals surface area contributed by atoms with Gasteiger partial charge in [0.1, 0.15) is 0 Å². The van der Waals surface area contributed by atoms with Crippen molar-refractivity contribution in [3.05, 3.63) is 0 Å². The Labute approximate surface area is 68.5 Å². The molecule has 0 heterocycles. The zero-order valence-corrected chi connectivity index (χ0v) is 10.2. The van der Waals surface area contributed by atoms with Crippen molar-refractivity contribution in [2.75, 3.05) is 6.61 Å². The van der Waals surface area contributed by atoms with E-state index in [0.29, 0.717) is 0 Å². The third kappa shape index (κ3) is 9.34. The molecule has 0 bridgehead atoms. The van der Waals surface area contributed by atoms with E-state index in [9.17, 15) is 0 Å². The summed E-state index contributed by atoms with van der Waals surface area (Å²) in [5.41, 5.74) is 0. The average molecular weight is 278 g/mol. The summed E-state index contributed by atoms with van der Waals surface area (Å²) in [7, 11) is 11.4. The van der Waals surface area contributed by atoms with Gasteiger partial charge in [-0.3, -0.25) is 0 Å². The molecular formula is C5H12Cl2OSn. The van der Waals surface area contributed by atoms with Crippen LogP contribution in [0.15, 0.2) is 0 Å². The van der Waals surface area contributed by atoms with E-state index in [-0.39, 0.29) is 0 Å². The molecule has 0 unspecified atom stereocenters. The maximum absolute atomic E-state index is 5.72. The first-order chi connectivity index (χ1) is 4.06. The number of rotatable bonds is 4. The van der Waals surface area contributed by atoms with E-state index in [1.807, 2.05) is 4.94 Å². The molecule has 0 aromatic carbocycles. The van der Waals surface area contributed by atoms with Gasteiger partial charge in [-0.25, -0.2) is 0 Å². The molecule has 0 N–H and O–H groups in total. The van der Waals surface area contributed by atoms with Gasteiger partial charge < -0.3 is 0 Å². The van der Waals surface area contributed by atoms with E-state index in [0.717, 1.165) is 19.4 Å².